The molecule has 0 unspecified atom stereocenters. The average Bonchev–Trinajstić information content (AvgIpc) is 3.44. The number of ether oxygens (including phenoxy) is 23. The molecule has 0 heterocycles. The molecule has 0 aromatic heterocycles. The molecule has 77 heavy (non-hydrogen) atoms. The molecule has 0 rings (SSSR count). The van der Waals surface area contributed by atoms with Crippen LogP contribution in [0.25, 0.3) is 20.9 Å². The largest absolute Gasteiger partial charge is 0.379 e. The molecule has 29 heteroatoms. The summed E-state index contributed by atoms with van der Waals surface area (Å²) < 4.78 is 126. The van der Waals surface area contributed by atoms with Crippen molar-refractivity contribution >= 4 is 0 Å². The summed E-state index contributed by atoms with van der Waals surface area (Å²) in [5, 5.41) is 6.76. The predicted molar refractivity (Wildman–Crippen MR) is 277 cm³/mol. The molecule has 0 N–H and O–H groups in total. The van der Waals surface area contributed by atoms with Gasteiger partial charge in [0.2, 0.25) is 0 Å². The van der Waals surface area contributed by atoms with Gasteiger partial charge in [-0.2, -0.15) is 0 Å². The van der Waals surface area contributed by atoms with Gasteiger partial charge in [0.25, 0.3) is 0 Å². The van der Waals surface area contributed by atoms with Crippen molar-refractivity contribution in [2.45, 2.75) is 0 Å². The summed E-state index contributed by atoms with van der Waals surface area (Å²) in [4.78, 5) is 5.30. The van der Waals surface area contributed by atoms with Gasteiger partial charge in [-0.05, 0) is 11.1 Å². The first kappa shape index (κ1) is 74.7. The SMILES string of the molecule is [N-]=[N+]=NCCOCCOCCOCCOCCOCCOCCOCCOCCOCCOCCOCCOCCOCCOCCOCCOCCOCCOCCOCCOCCOCCOCCOCCN=[N+]=[N-]. The van der Waals surface area contributed by atoms with Crippen LogP contribution < -0.4 is 0 Å². The van der Waals surface area contributed by atoms with Gasteiger partial charge in [0.05, 0.1) is 304 Å². The third-order valence-electron chi connectivity index (χ3n) is 8.98. The Morgan fingerprint density at radius 1 is 0.143 bits per heavy atom. The van der Waals surface area contributed by atoms with Crippen molar-refractivity contribution in [3.8, 4) is 0 Å². The normalized spacial score (nSPS) is 11.4. The molecule has 0 bridgehead atoms. The van der Waals surface area contributed by atoms with E-state index in [-0.39, 0.29) is 0 Å². The highest BCUT2D eigenvalue weighted by Gasteiger charge is 2.00. The molecule has 29 nitrogen and oxygen atoms in total. The quantitative estimate of drug-likeness (QED) is 0.0364. The molecule has 0 radical (unpaired) electrons. The molecule has 0 aliphatic carbocycles. The number of nitrogens with zero attached hydrogens (tertiary/aromatic N) is 6. The van der Waals surface area contributed by atoms with Crippen molar-refractivity contribution in [1.29, 1.82) is 0 Å². The van der Waals surface area contributed by atoms with Crippen molar-refractivity contribution < 1.29 is 109 Å². The average molecular weight is 1130 g/mol. The van der Waals surface area contributed by atoms with Gasteiger partial charge in [0.15, 0.2) is 0 Å². The third-order valence-corrected chi connectivity index (χ3v) is 8.98. The molecule has 0 fully saturated rings. The van der Waals surface area contributed by atoms with E-state index in [2.05, 4.69) is 20.1 Å². The van der Waals surface area contributed by atoms with Crippen LogP contribution in [0.1, 0.15) is 0 Å². The second-order valence-corrected chi connectivity index (χ2v) is 15.0. The Balaban J connectivity index is 3.08. The van der Waals surface area contributed by atoms with Gasteiger partial charge in [-0.3, -0.25) is 0 Å². The monoisotopic (exact) mass is 1120 g/mol. The standard InChI is InChI=1S/C48H96N6O23/c49-53-51-1-3-55-5-7-57-9-11-59-13-15-61-17-19-63-21-23-65-25-27-67-29-31-69-33-35-71-37-39-73-41-43-75-45-47-77-48-46-76-44-42-74-40-38-72-36-34-70-32-30-68-28-26-66-24-22-64-20-18-62-16-14-60-12-10-58-8-6-56-4-2-52-54-50/h1-48H2. The molecule has 0 atom stereocenters. The van der Waals surface area contributed by atoms with Crippen LogP contribution in [-0.2, 0) is 109 Å². The second-order valence-electron chi connectivity index (χ2n) is 15.0. The van der Waals surface area contributed by atoms with Gasteiger partial charge in [-0.15, -0.1) is 0 Å². The molecular weight excluding hydrogens is 1030 g/mol. The highest BCUT2D eigenvalue weighted by atomic mass is 16.6. The lowest BCUT2D eigenvalue weighted by molar-refractivity contribution is -0.0318. The number of hydrogen-bond acceptors (Lipinski definition) is 25. The van der Waals surface area contributed by atoms with Crippen LogP contribution in [0.5, 0.6) is 0 Å². The molecule has 0 aliphatic rings. The summed E-state index contributed by atoms with van der Waals surface area (Å²) in [6.07, 6.45) is 0. The van der Waals surface area contributed by atoms with Crippen molar-refractivity contribution in [1.82, 2.24) is 0 Å². The fourth-order valence-corrected chi connectivity index (χ4v) is 5.24. The van der Waals surface area contributed by atoms with Gasteiger partial charge < -0.3 is 109 Å². The minimum Gasteiger partial charge on any atom is -0.379 e. The van der Waals surface area contributed by atoms with Crippen LogP contribution in [0.3, 0.4) is 0 Å². The first-order chi connectivity index (χ1) is 38.4. The zero-order chi connectivity index (χ0) is 55.0. The van der Waals surface area contributed by atoms with Gasteiger partial charge in [0, 0.05) is 22.9 Å². The highest BCUT2D eigenvalue weighted by molar-refractivity contribution is 4.46. The Bertz CT molecular complexity index is 1110. The van der Waals surface area contributed by atoms with Gasteiger partial charge >= 0.3 is 0 Å². The Morgan fingerprint density at radius 3 is 0.299 bits per heavy atom. The molecule has 0 aromatic rings. The summed E-state index contributed by atoms with van der Waals surface area (Å²) >= 11 is 0. The fourth-order valence-electron chi connectivity index (χ4n) is 5.24. The van der Waals surface area contributed by atoms with Crippen LogP contribution in [0.4, 0.5) is 0 Å². The Hall–Kier alpha value is -2.30. The van der Waals surface area contributed by atoms with E-state index < -0.39 is 0 Å². The topological polar surface area (TPSA) is 310 Å². The third kappa shape index (κ3) is 73.7. The lowest BCUT2D eigenvalue weighted by Crippen LogP contribution is -2.16. The van der Waals surface area contributed by atoms with Crippen LogP contribution in [0.2, 0.25) is 0 Å². The van der Waals surface area contributed by atoms with Crippen molar-refractivity contribution in [2.24, 2.45) is 10.2 Å². The van der Waals surface area contributed by atoms with Gasteiger partial charge in [0.1, 0.15) is 0 Å². The number of hydrogen-bond donors (Lipinski definition) is 0. The van der Waals surface area contributed by atoms with E-state index in [1.165, 1.54) is 0 Å². The van der Waals surface area contributed by atoms with Gasteiger partial charge in [-0.25, -0.2) is 0 Å². The van der Waals surface area contributed by atoms with Crippen LogP contribution in [0, 0.1) is 0 Å². The van der Waals surface area contributed by atoms with E-state index >= 15 is 0 Å². The van der Waals surface area contributed by atoms with Crippen LogP contribution in [-0.4, -0.2) is 317 Å². The maximum Gasteiger partial charge on any atom is 0.0701 e. The van der Waals surface area contributed by atoms with E-state index in [9.17, 15) is 0 Å². The summed E-state index contributed by atoms with van der Waals surface area (Å²) in [6, 6.07) is 0. The molecular formula is C48H96N6O23. The molecule has 0 spiro atoms. The second kappa shape index (κ2) is 73.7. The number of rotatable bonds is 72. The molecule has 0 amide bonds. The molecule has 0 aliphatic heterocycles. The molecule has 0 saturated heterocycles. The fraction of sp³-hybridized carbons (Fsp3) is 1.00. The minimum atomic E-state index is 0.320. The Kier molecular flexibility index (Phi) is 71.5. The predicted octanol–water partition coefficient (Wildman–Crippen LogP) is 1.99. The van der Waals surface area contributed by atoms with Crippen molar-refractivity contribution in [3.05, 3.63) is 20.9 Å². The van der Waals surface area contributed by atoms with E-state index in [0.29, 0.717) is 317 Å². The lowest BCUT2D eigenvalue weighted by Gasteiger charge is -2.09. The minimum absolute atomic E-state index is 0.320. The summed E-state index contributed by atoms with van der Waals surface area (Å²) in [5.41, 5.74) is 16.3. The van der Waals surface area contributed by atoms with E-state index in [1.807, 2.05) is 0 Å². The summed E-state index contributed by atoms with van der Waals surface area (Å²) in [5.74, 6) is 0. The smallest absolute Gasteiger partial charge is 0.0701 e. The maximum atomic E-state index is 8.17. The zero-order valence-corrected chi connectivity index (χ0v) is 46.0. The van der Waals surface area contributed by atoms with Crippen LogP contribution in [0.15, 0.2) is 10.2 Å². The van der Waals surface area contributed by atoms with Crippen molar-refractivity contribution in [3.63, 3.8) is 0 Å². The molecule has 456 valence electrons. The molecule has 0 aromatic carbocycles. The zero-order valence-electron chi connectivity index (χ0n) is 46.0. The van der Waals surface area contributed by atoms with E-state index in [1.54, 1.807) is 0 Å². The number of azide groups is 2. The van der Waals surface area contributed by atoms with Gasteiger partial charge in [-0.1, -0.05) is 10.2 Å². The maximum absolute atomic E-state index is 8.17. The Labute approximate surface area is 456 Å². The summed E-state index contributed by atoms with van der Waals surface area (Å²) in [6.45, 7) is 22.5. The van der Waals surface area contributed by atoms with Crippen LogP contribution >= 0.6 is 0 Å². The van der Waals surface area contributed by atoms with E-state index in [4.69, 9.17) is 120 Å². The van der Waals surface area contributed by atoms with E-state index in [0.717, 1.165) is 0 Å². The first-order valence-corrected chi connectivity index (χ1v) is 26.7. The molecule has 0 saturated carbocycles. The highest BCUT2D eigenvalue weighted by Crippen LogP contribution is 1.91. The van der Waals surface area contributed by atoms with Crippen molar-refractivity contribution in [2.75, 3.05) is 317 Å². The first-order valence-electron chi connectivity index (χ1n) is 26.7. The lowest BCUT2D eigenvalue weighted by atomic mass is 10.6. The summed E-state index contributed by atoms with van der Waals surface area (Å²) in [7, 11) is 0. The Morgan fingerprint density at radius 2 is 0.221 bits per heavy atom.